The standard InChI is InChI=1S/C14H22Si/c1-7-11-9-8-10-12(14(2,3)4)13(11)15(5)6/h7-10,15H,1H2,2-6H3. The molecule has 0 saturated heterocycles. The summed E-state index contributed by atoms with van der Waals surface area (Å²) in [5.74, 6) is 0. The molecule has 0 saturated carbocycles. The Kier molecular flexibility index (Phi) is 3.56. The number of rotatable bonds is 2. The first kappa shape index (κ1) is 12.2. The van der Waals surface area contributed by atoms with Gasteiger partial charge in [0.2, 0.25) is 0 Å². The molecule has 0 aromatic heterocycles. The molecular formula is C14H22Si. The van der Waals surface area contributed by atoms with Crippen LogP contribution in [0.5, 0.6) is 0 Å². The summed E-state index contributed by atoms with van der Waals surface area (Å²) in [6.07, 6.45) is 2.00. The largest absolute Gasteiger partial charge is 0.0985 e. The highest BCUT2D eigenvalue weighted by molar-refractivity contribution is 6.72. The second kappa shape index (κ2) is 4.36. The maximum atomic E-state index is 3.92. The highest BCUT2D eigenvalue weighted by Crippen LogP contribution is 2.22. The van der Waals surface area contributed by atoms with Gasteiger partial charge in [-0.05, 0) is 16.5 Å². The average molecular weight is 218 g/mol. The van der Waals surface area contributed by atoms with Crippen molar-refractivity contribution in [2.24, 2.45) is 0 Å². The van der Waals surface area contributed by atoms with E-state index >= 15 is 0 Å². The molecule has 0 spiro atoms. The Hall–Kier alpha value is -0.823. The second-order valence-electron chi connectivity index (χ2n) is 5.42. The van der Waals surface area contributed by atoms with Gasteiger partial charge in [-0.15, -0.1) is 0 Å². The summed E-state index contributed by atoms with van der Waals surface area (Å²) in [5.41, 5.74) is 3.08. The smallest absolute Gasteiger partial charge is 0.0659 e. The van der Waals surface area contributed by atoms with Crippen LogP contribution in [-0.2, 0) is 5.41 Å². The first-order valence-electron chi connectivity index (χ1n) is 5.63. The molecular weight excluding hydrogens is 196 g/mol. The molecule has 0 aliphatic carbocycles. The van der Waals surface area contributed by atoms with Crippen molar-refractivity contribution in [2.45, 2.75) is 39.3 Å². The maximum absolute atomic E-state index is 3.92. The molecule has 1 aromatic rings. The van der Waals surface area contributed by atoms with Gasteiger partial charge in [-0.2, -0.15) is 0 Å². The van der Waals surface area contributed by atoms with Gasteiger partial charge in [0.25, 0.3) is 0 Å². The van der Waals surface area contributed by atoms with Crippen LogP contribution in [0.25, 0.3) is 6.08 Å². The topological polar surface area (TPSA) is 0 Å². The molecule has 0 atom stereocenters. The molecule has 0 aliphatic heterocycles. The minimum Gasteiger partial charge on any atom is -0.0985 e. The van der Waals surface area contributed by atoms with E-state index < -0.39 is 8.80 Å². The van der Waals surface area contributed by atoms with Crippen LogP contribution < -0.4 is 5.19 Å². The van der Waals surface area contributed by atoms with Crippen LogP contribution in [0.3, 0.4) is 0 Å². The Morgan fingerprint density at radius 3 is 2.20 bits per heavy atom. The minimum atomic E-state index is -0.796. The van der Waals surface area contributed by atoms with E-state index in [1.54, 1.807) is 5.19 Å². The number of hydrogen-bond acceptors (Lipinski definition) is 0. The zero-order valence-electron chi connectivity index (χ0n) is 10.6. The molecule has 0 nitrogen and oxygen atoms in total. The summed E-state index contributed by atoms with van der Waals surface area (Å²) in [5, 5.41) is 1.58. The third-order valence-corrected chi connectivity index (χ3v) is 4.54. The zero-order valence-corrected chi connectivity index (χ0v) is 11.7. The second-order valence-corrected chi connectivity index (χ2v) is 8.30. The Bertz CT molecular complexity index is 356. The Morgan fingerprint density at radius 2 is 1.80 bits per heavy atom. The Balaban J connectivity index is 3.45. The van der Waals surface area contributed by atoms with Crippen LogP contribution in [0.2, 0.25) is 13.1 Å². The summed E-state index contributed by atoms with van der Waals surface area (Å²) in [4.78, 5) is 0. The molecule has 1 rings (SSSR count). The molecule has 82 valence electrons. The van der Waals surface area contributed by atoms with Crippen LogP contribution in [0.15, 0.2) is 24.8 Å². The van der Waals surface area contributed by atoms with Crippen molar-refractivity contribution in [1.29, 1.82) is 0 Å². The van der Waals surface area contributed by atoms with E-state index in [0.717, 1.165) is 0 Å². The molecule has 15 heavy (non-hydrogen) atoms. The molecule has 1 heteroatoms. The lowest BCUT2D eigenvalue weighted by atomic mass is 9.86. The summed E-state index contributed by atoms with van der Waals surface area (Å²) >= 11 is 0. The van der Waals surface area contributed by atoms with Crippen LogP contribution in [0.1, 0.15) is 31.9 Å². The van der Waals surface area contributed by atoms with Crippen molar-refractivity contribution in [2.75, 3.05) is 0 Å². The lowest BCUT2D eigenvalue weighted by molar-refractivity contribution is 0.594. The zero-order chi connectivity index (χ0) is 11.6. The molecule has 0 fully saturated rings. The van der Waals surface area contributed by atoms with E-state index in [1.807, 2.05) is 6.08 Å². The SMILES string of the molecule is C=Cc1cccc(C(C)(C)C)c1[SiH](C)C. The van der Waals surface area contributed by atoms with E-state index in [4.69, 9.17) is 0 Å². The van der Waals surface area contributed by atoms with Gasteiger partial charge in [-0.25, -0.2) is 0 Å². The molecule has 1 aromatic carbocycles. The van der Waals surface area contributed by atoms with Crippen LogP contribution >= 0.6 is 0 Å². The van der Waals surface area contributed by atoms with Gasteiger partial charge in [-0.1, -0.05) is 69.9 Å². The summed E-state index contributed by atoms with van der Waals surface area (Å²) < 4.78 is 0. The lowest BCUT2D eigenvalue weighted by Crippen LogP contribution is -2.34. The normalized spacial score (nSPS) is 11.9. The predicted molar refractivity (Wildman–Crippen MR) is 73.7 cm³/mol. The van der Waals surface area contributed by atoms with Crippen LogP contribution in [0, 0.1) is 0 Å². The number of hydrogen-bond donors (Lipinski definition) is 0. The first-order valence-corrected chi connectivity index (χ1v) is 8.52. The maximum Gasteiger partial charge on any atom is 0.0659 e. The molecule has 0 bridgehead atoms. The van der Waals surface area contributed by atoms with Crippen molar-refractivity contribution in [3.8, 4) is 0 Å². The molecule has 0 aliphatic rings. The Labute approximate surface area is 95.6 Å². The van der Waals surface area contributed by atoms with Gasteiger partial charge in [0.1, 0.15) is 0 Å². The molecule has 0 amide bonds. The van der Waals surface area contributed by atoms with Crippen molar-refractivity contribution >= 4 is 20.1 Å². The fraction of sp³-hybridized carbons (Fsp3) is 0.429. The van der Waals surface area contributed by atoms with Crippen molar-refractivity contribution in [3.05, 3.63) is 35.9 Å². The summed E-state index contributed by atoms with van der Waals surface area (Å²) in [6, 6.07) is 6.61. The molecule has 0 unspecified atom stereocenters. The van der Waals surface area contributed by atoms with E-state index in [2.05, 4.69) is 58.6 Å². The fourth-order valence-electron chi connectivity index (χ4n) is 2.06. The average Bonchev–Trinajstić information content (AvgIpc) is 2.15. The van der Waals surface area contributed by atoms with Crippen LogP contribution in [0.4, 0.5) is 0 Å². The monoisotopic (exact) mass is 218 g/mol. The van der Waals surface area contributed by atoms with E-state index in [0.29, 0.717) is 0 Å². The first-order chi connectivity index (χ1) is 6.88. The van der Waals surface area contributed by atoms with Gasteiger partial charge >= 0.3 is 0 Å². The minimum absolute atomic E-state index is 0.242. The third-order valence-electron chi connectivity index (χ3n) is 2.75. The van der Waals surface area contributed by atoms with Gasteiger partial charge in [0, 0.05) is 0 Å². The highest BCUT2D eigenvalue weighted by Gasteiger charge is 2.20. The van der Waals surface area contributed by atoms with E-state index in [1.165, 1.54) is 11.1 Å². The van der Waals surface area contributed by atoms with Crippen LogP contribution in [-0.4, -0.2) is 8.80 Å². The van der Waals surface area contributed by atoms with Crippen molar-refractivity contribution in [1.82, 2.24) is 0 Å². The van der Waals surface area contributed by atoms with Gasteiger partial charge in [-0.3, -0.25) is 0 Å². The Morgan fingerprint density at radius 1 is 1.20 bits per heavy atom. The van der Waals surface area contributed by atoms with Gasteiger partial charge in [0.15, 0.2) is 0 Å². The molecule has 0 radical (unpaired) electrons. The van der Waals surface area contributed by atoms with E-state index in [-0.39, 0.29) is 5.41 Å². The van der Waals surface area contributed by atoms with E-state index in [9.17, 15) is 0 Å². The third kappa shape index (κ3) is 2.60. The fourth-order valence-corrected chi connectivity index (χ4v) is 4.09. The summed E-state index contributed by atoms with van der Waals surface area (Å²) in [7, 11) is -0.796. The molecule has 0 heterocycles. The predicted octanol–water partition coefficient (Wildman–Crippen LogP) is 3.32. The summed E-state index contributed by atoms with van der Waals surface area (Å²) in [6.45, 7) is 15.6. The van der Waals surface area contributed by atoms with Gasteiger partial charge < -0.3 is 0 Å². The lowest BCUT2D eigenvalue weighted by Gasteiger charge is -2.26. The highest BCUT2D eigenvalue weighted by atomic mass is 28.3. The number of benzene rings is 1. The van der Waals surface area contributed by atoms with Crippen molar-refractivity contribution < 1.29 is 0 Å². The quantitative estimate of drug-likeness (QED) is 0.668. The van der Waals surface area contributed by atoms with Crippen molar-refractivity contribution in [3.63, 3.8) is 0 Å². The molecule has 0 N–H and O–H groups in total. The van der Waals surface area contributed by atoms with Gasteiger partial charge in [0.05, 0.1) is 8.80 Å².